The van der Waals surface area contributed by atoms with E-state index in [1.165, 1.54) is 5.56 Å². The minimum Gasteiger partial charge on any atom is -0.496 e. The first kappa shape index (κ1) is 15.0. The monoisotopic (exact) mass is 250 g/mol. The zero-order valence-electron chi connectivity index (χ0n) is 12.0. The number of hydrogen-bond donors (Lipinski definition) is 2. The number of rotatable bonds is 8. The largest absolute Gasteiger partial charge is 0.496 e. The maximum atomic E-state index is 5.35. The van der Waals surface area contributed by atoms with Gasteiger partial charge in [-0.15, -0.1) is 0 Å². The standard InChI is InChI=1S/C15H26N2O/c1-12(2)14(9-16-3)11-17-10-13-7-5-6-8-15(13)18-4/h5-8,12,14,16-17H,9-11H2,1-4H3. The van der Waals surface area contributed by atoms with Crippen LogP contribution >= 0.6 is 0 Å². The lowest BCUT2D eigenvalue weighted by molar-refractivity contribution is 0.350. The predicted octanol–water partition coefficient (Wildman–Crippen LogP) is 2.28. The number of methoxy groups -OCH3 is 1. The molecule has 0 spiro atoms. The molecule has 18 heavy (non-hydrogen) atoms. The predicted molar refractivity (Wildman–Crippen MR) is 77.0 cm³/mol. The molecule has 0 saturated carbocycles. The molecule has 0 aromatic heterocycles. The van der Waals surface area contributed by atoms with Crippen molar-refractivity contribution in [3.05, 3.63) is 29.8 Å². The van der Waals surface area contributed by atoms with Crippen LogP contribution < -0.4 is 15.4 Å². The van der Waals surface area contributed by atoms with Crippen molar-refractivity contribution in [2.75, 3.05) is 27.2 Å². The smallest absolute Gasteiger partial charge is 0.123 e. The van der Waals surface area contributed by atoms with Crippen molar-refractivity contribution in [2.24, 2.45) is 11.8 Å². The van der Waals surface area contributed by atoms with Crippen LogP contribution in [0, 0.1) is 11.8 Å². The number of benzene rings is 1. The fraction of sp³-hybridized carbons (Fsp3) is 0.600. The van der Waals surface area contributed by atoms with Gasteiger partial charge in [-0.05, 0) is 38.0 Å². The summed E-state index contributed by atoms with van der Waals surface area (Å²) in [4.78, 5) is 0. The molecular weight excluding hydrogens is 224 g/mol. The summed E-state index contributed by atoms with van der Waals surface area (Å²) in [5.74, 6) is 2.30. The van der Waals surface area contributed by atoms with Crippen LogP contribution in [0.3, 0.4) is 0 Å². The highest BCUT2D eigenvalue weighted by molar-refractivity contribution is 5.32. The highest BCUT2D eigenvalue weighted by Gasteiger charge is 2.12. The van der Waals surface area contributed by atoms with Crippen LogP contribution in [0.2, 0.25) is 0 Å². The summed E-state index contributed by atoms with van der Waals surface area (Å²) in [5.41, 5.74) is 1.21. The van der Waals surface area contributed by atoms with Crippen molar-refractivity contribution in [3.8, 4) is 5.75 Å². The van der Waals surface area contributed by atoms with Gasteiger partial charge in [0.15, 0.2) is 0 Å². The molecule has 1 rings (SSSR count). The van der Waals surface area contributed by atoms with Gasteiger partial charge in [-0.25, -0.2) is 0 Å². The van der Waals surface area contributed by atoms with E-state index in [0.717, 1.165) is 25.4 Å². The minimum absolute atomic E-state index is 0.657. The molecule has 0 aliphatic carbocycles. The topological polar surface area (TPSA) is 33.3 Å². The molecule has 2 N–H and O–H groups in total. The van der Waals surface area contributed by atoms with Gasteiger partial charge in [-0.1, -0.05) is 32.0 Å². The second kappa shape index (κ2) is 8.11. The van der Waals surface area contributed by atoms with Gasteiger partial charge in [0.05, 0.1) is 7.11 Å². The van der Waals surface area contributed by atoms with Crippen LogP contribution in [0.15, 0.2) is 24.3 Å². The van der Waals surface area contributed by atoms with E-state index in [-0.39, 0.29) is 0 Å². The lowest BCUT2D eigenvalue weighted by Crippen LogP contribution is -2.32. The maximum absolute atomic E-state index is 5.35. The Balaban J connectivity index is 2.44. The molecule has 0 heterocycles. The Morgan fingerprint density at radius 3 is 2.50 bits per heavy atom. The molecule has 1 atom stereocenters. The van der Waals surface area contributed by atoms with Crippen LogP contribution in [0.1, 0.15) is 19.4 Å². The summed E-state index contributed by atoms with van der Waals surface area (Å²) in [5, 5.41) is 6.78. The van der Waals surface area contributed by atoms with E-state index in [2.05, 4.69) is 30.5 Å². The number of nitrogens with one attached hydrogen (secondary N) is 2. The average molecular weight is 250 g/mol. The molecule has 0 radical (unpaired) electrons. The average Bonchev–Trinajstić information content (AvgIpc) is 2.38. The zero-order valence-corrected chi connectivity index (χ0v) is 12.0. The summed E-state index contributed by atoms with van der Waals surface area (Å²) >= 11 is 0. The van der Waals surface area contributed by atoms with Crippen LogP contribution in [0.5, 0.6) is 5.75 Å². The first-order chi connectivity index (χ1) is 8.69. The van der Waals surface area contributed by atoms with E-state index in [9.17, 15) is 0 Å². The first-order valence-corrected chi connectivity index (χ1v) is 6.66. The molecule has 0 saturated heterocycles. The molecule has 0 aliphatic rings. The summed E-state index contributed by atoms with van der Waals surface area (Å²) in [7, 11) is 3.73. The summed E-state index contributed by atoms with van der Waals surface area (Å²) in [6.45, 7) is 7.48. The summed E-state index contributed by atoms with van der Waals surface area (Å²) in [6, 6.07) is 8.16. The van der Waals surface area contributed by atoms with Crippen molar-refractivity contribution in [3.63, 3.8) is 0 Å². The van der Waals surface area contributed by atoms with E-state index in [4.69, 9.17) is 4.74 Å². The fourth-order valence-electron chi connectivity index (χ4n) is 2.05. The van der Waals surface area contributed by atoms with Crippen molar-refractivity contribution in [2.45, 2.75) is 20.4 Å². The van der Waals surface area contributed by atoms with Crippen LogP contribution in [-0.2, 0) is 6.54 Å². The third-order valence-corrected chi connectivity index (χ3v) is 3.32. The lowest BCUT2D eigenvalue weighted by atomic mass is 9.95. The van der Waals surface area contributed by atoms with Crippen LogP contribution in [-0.4, -0.2) is 27.2 Å². The Morgan fingerprint density at radius 2 is 1.89 bits per heavy atom. The third-order valence-electron chi connectivity index (χ3n) is 3.32. The second-order valence-electron chi connectivity index (χ2n) is 5.00. The first-order valence-electron chi connectivity index (χ1n) is 6.66. The SMILES string of the molecule is CNCC(CNCc1ccccc1OC)C(C)C. The Morgan fingerprint density at radius 1 is 1.17 bits per heavy atom. The van der Waals surface area contributed by atoms with E-state index in [1.54, 1.807) is 7.11 Å². The Bertz CT molecular complexity index is 339. The van der Waals surface area contributed by atoms with Gasteiger partial charge < -0.3 is 15.4 Å². The van der Waals surface area contributed by atoms with Crippen molar-refractivity contribution >= 4 is 0 Å². The Hall–Kier alpha value is -1.06. The molecular formula is C15H26N2O. The van der Waals surface area contributed by atoms with Gasteiger partial charge in [0.2, 0.25) is 0 Å². The van der Waals surface area contributed by atoms with Crippen molar-refractivity contribution in [1.82, 2.24) is 10.6 Å². The van der Waals surface area contributed by atoms with Gasteiger partial charge in [-0.3, -0.25) is 0 Å². The molecule has 0 amide bonds. The van der Waals surface area contributed by atoms with E-state index in [0.29, 0.717) is 11.8 Å². The summed E-state index contributed by atoms with van der Waals surface area (Å²) < 4.78 is 5.35. The number of hydrogen-bond acceptors (Lipinski definition) is 3. The lowest BCUT2D eigenvalue weighted by Gasteiger charge is -2.21. The van der Waals surface area contributed by atoms with E-state index >= 15 is 0 Å². The molecule has 0 bridgehead atoms. The quantitative estimate of drug-likeness (QED) is 0.742. The molecule has 3 heteroatoms. The molecule has 0 aliphatic heterocycles. The van der Waals surface area contributed by atoms with Crippen LogP contribution in [0.4, 0.5) is 0 Å². The third kappa shape index (κ3) is 4.67. The Kier molecular flexibility index (Phi) is 6.76. The molecule has 1 aromatic carbocycles. The number of para-hydroxylation sites is 1. The van der Waals surface area contributed by atoms with Gasteiger partial charge in [-0.2, -0.15) is 0 Å². The van der Waals surface area contributed by atoms with Crippen molar-refractivity contribution < 1.29 is 4.74 Å². The highest BCUT2D eigenvalue weighted by Crippen LogP contribution is 2.17. The second-order valence-corrected chi connectivity index (χ2v) is 5.00. The Labute approximate surface area is 111 Å². The molecule has 3 nitrogen and oxygen atoms in total. The van der Waals surface area contributed by atoms with Gasteiger partial charge in [0, 0.05) is 12.1 Å². The van der Waals surface area contributed by atoms with Gasteiger partial charge in [0.1, 0.15) is 5.75 Å². The highest BCUT2D eigenvalue weighted by atomic mass is 16.5. The number of ether oxygens (including phenoxy) is 1. The molecule has 1 aromatic rings. The molecule has 102 valence electrons. The minimum atomic E-state index is 0.657. The zero-order chi connectivity index (χ0) is 13.4. The van der Waals surface area contributed by atoms with Gasteiger partial charge in [0.25, 0.3) is 0 Å². The normalized spacial score (nSPS) is 12.7. The van der Waals surface area contributed by atoms with Crippen LogP contribution in [0.25, 0.3) is 0 Å². The van der Waals surface area contributed by atoms with E-state index in [1.807, 2.05) is 25.2 Å². The van der Waals surface area contributed by atoms with Crippen molar-refractivity contribution in [1.29, 1.82) is 0 Å². The summed E-state index contributed by atoms with van der Waals surface area (Å²) in [6.07, 6.45) is 0. The molecule has 1 unspecified atom stereocenters. The van der Waals surface area contributed by atoms with Gasteiger partial charge >= 0.3 is 0 Å². The maximum Gasteiger partial charge on any atom is 0.123 e. The fourth-order valence-corrected chi connectivity index (χ4v) is 2.05. The molecule has 0 fully saturated rings. The van der Waals surface area contributed by atoms with E-state index < -0.39 is 0 Å².